The molecular weight excluding hydrogens is 240 g/mol. The molecule has 2 rings (SSSR count). The van der Waals surface area contributed by atoms with Gasteiger partial charge in [0.2, 0.25) is 0 Å². The van der Waals surface area contributed by atoms with E-state index in [1.807, 2.05) is 49.4 Å². The van der Waals surface area contributed by atoms with Crippen LogP contribution in [0, 0.1) is 6.92 Å². The maximum absolute atomic E-state index is 5.63. The van der Waals surface area contributed by atoms with E-state index in [0.717, 1.165) is 23.0 Å². The summed E-state index contributed by atoms with van der Waals surface area (Å²) >= 11 is 0. The van der Waals surface area contributed by atoms with Gasteiger partial charge in [0, 0.05) is 11.8 Å². The van der Waals surface area contributed by atoms with Crippen LogP contribution in [0.15, 0.2) is 42.5 Å². The number of nitrogens with one attached hydrogen (secondary N) is 1. The average Bonchev–Trinajstić information content (AvgIpc) is 2.44. The van der Waals surface area contributed by atoms with E-state index >= 15 is 0 Å². The van der Waals surface area contributed by atoms with Crippen molar-refractivity contribution >= 4 is 5.82 Å². The molecule has 0 radical (unpaired) electrons. The van der Waals surface area contributed by atoms with Crippen LogP contribution in [0.3, 0.4) is 0 Å². The molecule has 1 aromatic carbocycles. The Kier molecular flexibility index (Phi) is 4.61. The number of hydrogen-bond acceptors (Lipinski definition) is 4. The fourth-order valence-corrected chi connectivity index (χ4v) is 1.68. The van der Waals surface area contributed by atoms with Crippen molar-refractivity contribution < 1.29 is 9.47 Å². The van der Waals surface area contributed by atoms with E-state index in [4.69, 9.17) is 9.47 Å². The van der Waals surface area contributed by atoms with Crippen LogP contribution in [-0.4, -0.2) is 25.2 Å². The number of ether oxygens (including phenoxy) is 2. The Labute approximate surface area is 113 Å². The topological polar surface area (TPSA) is 43.4 Å². The molecule has 0 unspecified atom stereocenters. The molecule has 2 aromatic rings. The second-order valence-electron chi connectivity index (χ2n) is 4.12. The van der Waals surface area contributed by atoms with Crippen LogP contribution in [0.2, 0.25) is 0 Å². The standard InChI is InChI=1S/C15H18N2O2/c1-12-5-3-8-15(17-12)16-9-10-19-14-7-4-6-13(11-14)18-2/h3-8,11H,9-10H2,1-2H3,(H,16,17). The van der Waals surface area contributed by atoms with E-state index < -0.39 is 0 Å². The van der Waals surface area contributed by atoms with Crippen molar-refractivity contribution in [1.29, 1.82) is 0 Å². The Morgan fingerprint density at radius 2 is 1.89 bits per heavy atom. The van der Waals surface area contributed by atoms with Crippen molar-refractivity contribution in [2.45, 2.75) is 6.92 Å². The van der Waals surface area contributed by atoms with Gasteiger partial charge in [-0.05, 0) is 31.2 Å². The third-order valence-electron chi connectivity index (χ3n) is 2.61. The van der Waals surface area contributed by atoms with Crippen molar-refractivity contribution in [2.75, 3.05) is 25.6 Å². The van der Waals surface area contributed by atoms with E-state index in [9.17, 15) is 0 Å². The Morgan fingerprint density at radius 3 is 2.68 bits per heavy atom. The van der Waals surface area contributed by atoms with Crippen LogP contribution in [0.25, 0.3) is 0 Å². The second kappa shape index (κ2) is 6.64. The molecule has 0 aliphatic rings. The lowest BCUT2D eigenvalue weighted by atomic mass is 10.3. The number of aromatic nitrogens is 1. The van der Waals surface area contributed by atoms with E-state index in [1.165, 1.54) is 0 Å². The fraction of sp³-hybridized carbons (Fsp3) is 0.267. The fourth-order valence-electron chi connectivity index (χ4n) is 1.68. The molecule has 0 fully saturated rings. The lowest BCUT2D eigenvalue weighted by Gasteiger charge is -2.09. The summed E-state index contributed by atoms with van der Waals surface area (Å²) in [5.74, 6) is 2.47. The third-order valence-corrected chi connectivity index (χ3v) is 2.61. The summed E-state index contributed by atoms with van der Waals surface area (Å²) < 4.78 is 10.8. The van der Waals surface area contributed by atoms with Gasteiger partial charge in [0.05, 0.1) is 13.7 Å². The summed E-state index contributed by atoms with van der Waals surface area (Å²) in [6.07, 6.45) is 0. The number of methoxy groups -OCH3 is 1. The van der Waals surface area contributed by atoms with Crippen molar-refractivity contribution in [2.24, 2.45) is 0 Å². The summed E-state index contributed by atoms with van der Waals surface area (Å²) in [4.78, 5) is 4.36. The molecular formula is C15H18N2O2. The van der Waals surface area contributed by atoms with Gasteiger partial charge in [-0.25, -0.2) is 4.98 Å². The lowest BCUT2D eigenvalue weighted by molar-refractivity contribution is 0.329. The van der Waals surface area contributed by atoms with Crippen molar-refractivity contribution in [3.63, 3.8) is 0 Å². The zero-order valence-corrected chi connectivity index (χ0v) is 11.2. The third kappa shape index (κ3) is 4.17. The number of nitrogens with zero attached hydrogens (tertiary/aromatic N) is 1. The van der Waals surface area contributed by atoms with Gasteiger partial charge in [-0.15, -0.1) is 0 Å². The molecule has 100 valence electrons. The molecule has 19 heavy (non-hydrogen) atoms. The highest BCUT2D eigenvalue weighted by Gasteiger charge is 1.97. The van der Waals surface area contributed by atoms with E-state index in [0.29, 0.717) is 13.2 Å². The van der Waals surface area contributed by atoms with Crippen LogP contribution in [-0.2, 0) is 0 Å². The van der Waals surface area contributed by atoms with Crippen LogP contribution >= 0.6 is 0 Å². The van der Waals surface area contributed by atoms with Crippen molar-refractivity contribution in [3.8, 4) is 11.5 Å². The monoisotopic (exact) mass is 258 g/mol. The molecule has 1 heterocycles. The molecule has 0 saturated heterocycles. The quantitative estimate of drug-likeness (QED) is 0.809. The summed E-state index contributed by atoms with van der Waals surface area (Å²) in [7, 11) is 1.64. The second-order valence-corrected chi connectivity index (χ2v) is 4.12. The molecule has 0 bridgehead atoms. The SMILES string of the molecule is COc1cccc(OCCNc2cccc(C)n2)c1. The predicted octanol–water partition coefficient (Wildman–Crippen LogP) is 2.89. The largest absolute Gasteiger partial charge is 0.497 e. The number of hydrogen-bond donors (Lipinski definition) is 1. The van der Waals surface area contributed by atoms with Crippen molar-refractivity contribution in [3.05, 3.63) is 48.2 Å². The highest BCUT2D eigenvalue weighted by Crippen LogP contribution is 2.18. The molecule has 1 aromatic heterocycles. The highest BCUT2D eigenvalue weighted by atomic mass is 16.5. The maximum atomic E-state index is 5.63. The molecule has 0 saturated carbocycles. The van der Waals surface area contributed by atoms with Gasteiger partial charge < -0.3 is 14.8 Å². The Balaban J connectivity index is 1.77. The Hall–Kier alpha value is -2.23. The Bertz CT molecular complexity index is 529. The first-order chi connectivity index (χ1) is 9.28. The van der Waals surface area contributed by atoms with Crippen LogP contribution < -0.4 is 14.8 Å². The maximum Gasteiger partial charge on any atom is 0.126 e. The first-order valence-electron chi connectivity index (χ1n) is 6.22. The lowest BCUT2D eigenvalue weighted by Crippen LogP contribution is -2.12. The number of benzene rings is 1. The molecule has 1 N–H and O–H groups in total. The van der Waals surface area contributed by atoms with Gasteiger partial charge in [-0.3, -0.25) is 0 Å². The van der Waals surface area contributed by atoms with Gasteiger partial charge in [-0.1, -0.05) is 12.1 Å². The van der Waals surface area contributed by atoms with Gasteiger partial charge in [0.25, 0.3) is 0 Å². The highest BCUT2D eigenvalue weighted by molar-refractivity contribution is 5.35. The Morgan fingerprint density at radius 1 is 1.11 bits per heavy atom. The zero-order chi connectivity index (χ0) is 13.5. The van der Waals surface area contributed by atoms with Gasteiger partial charge in [-0.2, -0.15) is 0 Å². The van der Waals surface area contributed by atoms with Gasteiger partial charge in [0.15, 0.2) is 0 Å². The number of aryl methyl sites for hydroxylation is 1. The zero-order valence-electron chi connectivity index (χ0n) is 11.2. The summed E-state index contributed by atoms with van der Waals surface area (Å²) in [6, 6.07) is 13.5. The average molecular weight is 258 g/mol. The summed E-state index contributed by atoms with van der Waals surface area (Å²) in [5, 5.41) is 3.22. The molecule has 0 atom stereocenters. The van der Waals surface area contributed by atoms with Crippen LogP contribution in [0.4, 0.5) is 5.82 Å². The summed E-state index contributed by atoms with van der Waals surface area (Å²) in [6.45, 7) is 3.24. The molecule has 4 heteroatoms. The minimum atomic E-state index is 0.572. The van der Waals surface area contributed by atoms with E-state index in [-0.39, 0.29) is 0 Å². The first kappa shape index (κ1) is 13.2. The molecule has 0 aliphatic carbocycles. The van der Waals surface area contributed by atoms with Crippen LogP contribution in [0.5, 0.6) is 11.5 Å². The van der Waals surface area contributed by atoms with Gasteiger partial charge in [0.1, 0.15) is 23.9 Å². The molecule has 0 amide bonds. The molecule has 0 spiro atoms. The van der Waals surface area contributed by atoms with E-state index in [2.05, 4.69) is 10.3 Å². The van der Waals surface area contributed by atoms with Gasteiger partial charge >= 0.3 is 0 Å². The minimum Gasteiger partial charge on any atom is -0.497 e. The number of pyridine rings is 1. The van der Waals surface area contributed by atoms with E-state index in [1.54, 1.807) is 7.11 Å². The predicted molar refractivity (Wildman–Crippen MR) is 76.0 cm³/mol. The minimum absolute atomic E-state index is 0.572. The normalized spacial score (nSPS) is 10.0. The van der Waals surface area contributed by atoms with Crippen LogP contribution in [0.1, 0.15) is 5.69 Å². The molecule has 4 nitrogen and oxygen atoms in total. The molecule has 0 aliphatic heterocycles. The van der Waals surface area contributed by atoms with Crippen molar-refractivity contribution in [1.82, 2.24) is 4.98 Å². The number of rotatable bonds is 6. The first-order valence-corrected chi connectivity index (χ1v) is 6.22. The number of anilines is 1. The summed E-state index contributed by atoms with van der Waals surface area (Å²) in [5.41, 5.74) is 0.999. The smallest absolute Gasteiger partial charge is 0.126 e.